The van der Waals surface area contributed by atoms with Crippen LogP contribution in [-0.4, -0.2) is 91.0 Å². The molecule has 1 aromatic rings. The van der Waals surface area contributed by atoms with E-state index in [-0.39, 0.29) is 37.1 Å². The molecule has 2 fully saturated rings. The van der Waals surface area contributed by atoms with Crippen LogP contribution in [-0.2, 0) is 20.4 Å². The number of aliphatic hydroxyl groups is 5. The predicted molar refractivity (Wildman–Crippen MR) is 89.8 cm³/mol. The highest BCUT2D eigenvalue weighted by Gasteiger charge is 2.51. The summed E-state index contributed by atoms with van der Waals surface area (Å²) in [6.45, 7) is -0.400. The van der Waals surface area contributed by atoms with E-state index >= 15 is 0 Å². The molecule has 8 atom stereocenters. The summed E-state index contributed by atoms with van der Waals surface area (Å²) >= 11 is 0. The van der Waals surface area contributed by atoms with E-state index in [4.69, 9.17) is 9.47 Å². The summed E-state index contributed by atoms with van der Waals surface area (Å²) in [4.78, 5) is 3.46. The lowest BCUT2D eigenvalue weighted by atomic mass is 10.1. The van der Waals surface area contributed by atoms with E-state index in [0.29, 0.717) is 5.56 Å². The Balaban J connectivity index is 0.00000261. The smallest absolute Gasteiger partial charge is 0.213 e. The Morgan fingerprint density at radius 2 is 2.04 bits per heavy atom. The first kappa shape index (κ1) is 22.7. The van der Waals surface area contributed by atoms with E-state index in [1.165, 1.54) is 12.3 Å². The second kappa shape index (κ2) is 9.77. The fourth-order valence-electron chi connectivity index (χ4n) is 3.25. The largest absolute Gasteiger partial charge is 1.00 e. The van der Waals surface area contributed by atoms with Crippen molar-refractivity contribution in [2.75, 3.05) is 24.7 Å². The Morgan fingerprint density at radius 1 is 1.30 bits per heavy atom. The minimum absolute atomic E-state index is 0. The maximum absolute atomic E-state index is 13.3. The summed E-state index contributed by atoms with van der Waals surface area (Å²) in [7, 11) is -0.633. The average Bonchev–Trinajstić information content (AvgIpc) is 2.88. The van der Waals surface area contributed by atoms with Crippen molar-refractivity contribution in [3.63, 3.8) is 0 Å². The van der Waals surface area contributed by atoms with Gasteiger partial charge in [-0.25, -0.2) is 4.98 Å². The second-order valence-corrected chi connectivity index (χ2v) is 8.81. The Bertz CT molecular complexity index is 618. The maximum atomic E-state index is 13.3. The second-order valence-electron chi connectivity index (χ2n) is 6.46. The molecule has 0 amide bonds. The summed E-state index contributed by atoms with van der Waals surface area (Å²) in [5, 5.41) is 49.2. The normalized spacial score (nSPS) is 37.6. The molecule has 0 aromatic carbocycles. The van der Waals surface area contributed by atoms with Crippen LogP contribution in [0.5, 0.6) is 0 Å². The quantitative estimate of drug-likeness (QED) is 0.233. The van der Waals surface area contributed by atoms with Crippen LogP contribution in [0.15, 0.2) is 18.3 Å². The number of halogens is 2. The number of aromatic nitrogens is 1. The average molecular weight is 428 g/mol. The Labute approximate surface area is 164 Å². The van der Waals surface area contributed by atoms with E-state index < -0.39 is 58.9 Å². The highest BCUT2D eigenvalue weighted by atomic mass is 35.5. The number of hydrogen-bond acceptors (Lipinski definition) is 8. The molecule has 0 radical (unpaired) electrons. The van der Waals surface area contributed by atoms with Crippen molar-refractivity contribution in [3.05, 3.63) is 29.8 Å². The third kappa shape index (κ3) is 5.08. The van der Waals surface area contributed by atoms with Gasteiger partial charge in [-0.1, -0.05) is 0 Å². The van der Waals surface area contributed by atoms with Crippen LogP contribution in [0.2, 0.25) is 0 Å². The van der Waals surface area contributed by atoms with Crippen LogP contribution in [0.25, 0.3) is 0 Å². The van der Waals surface area contributed by atoms with Crippen LogP contribution in [0.3, 0.4) is 0 Å². The number of aliphatic hydroxyl groups excluding tert-OH is 5. The fraction of sp³-hybridized carbons (Fsp3) is 0.688. The maximum Gasteiger partial charge on any atom is 0.213 e. The van der Waals surface area contributed by atoms with E-state index in [2.05, 4.69) is 4.98 Å². The van der Waals surface area contributed by atoms with Crippen LogP contribution in [0, 0.1) is 5.95 Å². The topological polar surface area (TPSA) is 132 Å². The van der Waals surface area contributed by atoms with Crippen molar-refractivity contribution < 1.29 is 51.8 Å². The van der Waals surface area contributed by atoms with Gasteiger partial charge in [0.1, 0.15) is 42.0 Å². The number of nitrogens with zero attached hydrogens (tertiary/aromatic N) is 1. The third-order valence-electron chi connectivity index (χ3n) is 4.63. The SMILES string of the molecule is OC[C@@H]1[C@@H](O)[C@H](O)C[S+]1C[C@@H](O)[C@H]1OC(c2ccnc(F)c2)OC[C@H]1O.[Cl-]. The molecule has 2 unspecified atom stereocenters. The lowest BCUT2D eigenvalue weighted by Gasteiger charge is -2.36. The van der Waals surface area contributed by atoms with Gasteiger partial charge in [0.25, 0.3) is 0 Å². The van der Waals surface area contributed by atoms with Crippen LogP contribution >= 0.6 is 0 Å². The van der Waals surface area contributed by atoms with Crippen LogP contribution in [0.1, 0.15) is 11.9 Å². The minimum Gasteiger partial charge on any atom is -1.00 e. The molecule has 1 aromatic heterocycles. The van der Waals surface area contributed by atoms with Gasteiger partial charge >= 0.3 is 0 Å². The van der Waals surface area contributed by atoms with Gasteiger partial charge < -0.3 is 47.4 Å². The molecule has 2 aliphatic heterocycles. The molecule has 11 heteroatoms. The number of rotatable bonds is 5. The summed E-state index contributed by atoms with van der Waals surface area (Å²) in [5.74, 6) is -0.278. The summed E-state index contributed by atoms with van der Waals surface area (Å²) < 4.78 is 24.3. The Kier molecular flexibility index (Phi) is 8.22. The van der Waals surface area contributed by atoms with Gasteiger partial charge in [-0.05, 0) is 6.07 Å². The van der Waals surface area contributed by atoms with Crippen molar-refractivity contribution in [1.82, 2.24) is 4.98 Å². The third-order valence-corrected chi connectivity index (χ3v) is 7.46. The van der Waals surface area contributed by atoms with Crippen molar-refractivity contribution in [2.45, 2.75) is 42.1 Å². The molecule has 27 heavy (non-hydrogen) atoms. The van der Waals surface area contributed by atoms with Gasteiger partial charge in [0, 0.05) is 28.7 Å². The molecule has 5 N–H and O–H groups in total. The Hall–Kier alpha value is -0.560. The summed E-state index contributed by atoms with van der Waals surface area (Å²) in [5.41, 5.74) is 0.379. The molecular weight excluding hydrogens is 405 g/mol. The lowest BCUT2D eigenvalue weighted by molar-refractivity contribution is -0.273. The zero-order valence-electron chi connectivity index (χ0n) is 14.3. The molecule has 8 nitrogen and oxygen atoms in total. The molecule has 0 bridgehead atoms. The molecule has 154 valence electrons. The highest BCUT2D eigenvalue weighted by molar-refractivity contribution is 7.97. The van der Waals surface area contributed by atoms with E-state index in [9.17, 15) is 29.9 Å². The van der Waals surface area contributed by atoms with Crippen molar-refractivity contribution in [3.8, 4) is 0 Å². The molecule has 2 aliphatic rings. The molecule has 3 heterocycles. The molecule has 0 spiro atoms. The van der Waals surface area contributed by atoms with Crippen LogP contribution in [0.4, 0.5) is 4.39 Å². The molecule has 0 aliphatic carbocycles. The van der Waals surface area contributed by atoms with Crippen LogP contribution < -0.4 is 12.4 Å². The number of pyridine rings is 1. The molecule has 3 rings (SSSR count). The highest BCUT2D eigenvalue weighted by Crippen LogP contribution is 2.30. The predicted octanol–water partition coefficient (Wildman–Crippen LogP) is -4.92. The van der Waals surface area contributed by atoms with Crippen molar-refractivity contribution in [1.29, 1.82) is 0 Å². The van der Waals surface area contributed by atoms with Gasteiger partial charge in [0.15, 0.2) is 11.5 Å². The first-order chi connectivity index (χ1) is 12.4. The van der Waals surface area contributed by atoms with Crippen molar-refractivity contribution in [2.24, 2.45) is 0 Å². The van der Waals surface area contributed by atoms with Gasteiger partial charge in [-0.2, -0.15) is 4.39 Å². The van der Waals surface area contributed by atoms with Gasteiger partial charge in [-0.15, -0.1) is 0 Å². The number of ether oxygens (including phenoxy) is 2. The fourth-order valence-corrected chi connectivity index (χ4v) is 5.93. The monoisotopic (exact) mass is 427 g/mol. The van der Waals surface area contributed by atoms with E-state index in [1.54, 1.807) is 0 Å². The van der Waals surface area contributed by atoms with Gasteiger partial charge in [0.05, 0.1) is 13.2 Å². The first-order valence-corrected chi connectivity index (χ1v) is 9.91. The Morgan fingerprint density at radius 3 is 2.70 bits per heavy atom. The first-order valence-electron chi connectivity index (χ1n) is 8.28. The zero-order valence-corrected chi connectivity index (χ0v) is 15.8. The zero-order chi connectivity index (χ0) is 18.8. The lowest BCUT2D eigenvalue weighted by Crippen LogP contribution is -3.00. The van der Waals surface area contributed by atoms with Gasteiger partial charge in [-0.3, -0.25) is 0 Å². The van der Waals surface area contributed by atoms with E-state index in [1.807, 2.05) is 0 Å². The summed E-state index contributed by atoms with van der Waals surface area (Å²) in [6.07, 6.45) is -4.83. The molecule has 0 saturated carbocycles. The van der Waals surface area contributed by atoms with Crippen molar-refractivity contribution >= 4 is 10.9 Å². The minimum atomic E-state index is -1.10. The van der Waals surface area contributed by atoms with Gasteiger partial charge in [0.2, 0.25) is 5.95 Å². The number of hydrogen-bond donors (Lipinski definition) is 5. The van der Waals surface area contributed by atoms with E-state index in [0.717, 1.165) is 6.07 Å². The molecular formula is C16H23ClFNO7S. The standard InChI is InChI=1S/C16H23FNO7S.ClH/c17-13-3-8(1-2-18-13)16-24-5-9(20)15(25-16)11(22)7-26-6-10(21)14(23)12(26)4-19;/h1-3,9-12,14-16,19-23H,4-7H2;1H/q+1;/p-1/t9-,10-,11-,12-,14+,15+,16?,26?;/m1./s1. The summed E-state index contributed by atoms with van der Waals surface area (Å²) in [6, 6.07) is 2.67. The molecule has 2 saturated heterocycles.